The zero-order chi connectivity index (χ0) is 22.5. The third-order valence-electron chi connectivity index (χ3n) is 5.11. The van der Waals surface area contributed by atoms with E-state index in [1.54, 1.807) is 24.3 Å². The maximum Gasteiger partial charge on any atom is 0.295 e. The maximum atomic E-state index is 13.3. The summed E-state index contributed by atoms with van der Waals surface area (Å²) >= 11 is 0. The Morgan fingerprint density at radius 1 is 1.10 bits per heavy atom. The summed E-state index contributed by atoms with van der Waals surface area (Å²) in [6.07, 6.45) is 0.879. The lowest BCUT2D eigenvalue weighted by Crippen LogP contribution is -2.35. The van der Waals surface area contributed by atoms with Crippen LogP contribution in [0.2, 0.25) is 0 Å². The summed E-state index contributed by atoms with van der Waals surface area (Å²) in [5, 5.41) is 10.9. The Bertz CT molecular complexity index is 968. The van der Waals surface area contributed by atoms with E-state index in [9.17, 15) is 19.1 Å². The Morgan fingerprint density at radius 3 is 2.32 bits per heavy atom. The van der Waals surface area contributed by atoms with Gasteiger partial charge in [0.25, 0.3) is 11.7 Å². The highest BCUT2D eigenvalue weighted by Gasteiger charge is 2.45. The van der Waals surface area contributed by atoms with Crippen LogP contribution >= 0.6 is 0 Å². The second-order valence-corrected chi connectivity index (χ2v) is 7.72. The van der Waals surface area contributed by atoms with Gasteiger partial charge in [0.1, 0.15) is 17.3 Å². The number of carbonyl (C=O) groups is 2. The molecule has 1 atom stereocenters. The summed E-state index contributed by atoms with van der Waals surface area (Å²) in [5.74, 6) is -1.50. The van der Waals surface area contributed by atoms with Crippen LogP contribution in [-0.4, -0.2) is 60.4 Å². The number of hydrogen-bond acceptors (Lipinski definition) is 5. The molecule has 0 spiro atoms. The van der Waals surface area contributed by atoms with Crippen LogP contribution in [-0.2, 0) is 9.59 Å². The molecule has 164 valence electrons. The highest BCUT2D eigenvalue weighted by atomic mass is 19.1. The molecule has 1 N–H and O–H groups in total. The normalized spacial score (nSPS) is 18.1. The van der Waals surface area contributed by atoms with E-state index >= 15 is 0 Å². The van der Waals surface area contributed by atoms with E-state index in [4.69, 9.17) is 4.74 Å². The van der Waals surface area contributed by atoms with Crippen molar-refractivity contribution in [3.8, 4) is 5.75 Å². The molecule has 6 nitrogen and oxygen atoms in total. The summed E-state index contributed by atoms with van der Waals surface area (Å²) in [4.78, 5) is 29.1. The second kappa shape index (κ2) is 9.75. The molecule has 1 aliphatic rings. The van der Waals surface area contributed by atoms with Crippen molar-refractivity contribution in [2.45, 2.75) is 19.4 Å². The number of aliphatic hydroxyl groups excluding tert-OH is 1. The van der Waals surface area contributed by atoms with Crippen LogP contribution in [0.25, 0.3) is 5.76 Å². The van der Waals surface area contributed by atoms with Gasteiger partial charge in [-0.05, 0) is 62.5 Å². The van der Waals surface area contributed by atoms with Gasteiger partial charge < -0.3 is 19.6 Å². The first-order chi connectivity index (χ1) is 14.8. The monoisotopic (exact) mass is 426 g/mol. The van der Waals surface area contributed by atoms with Crippen LogP contribution in [0.3, 0.4) is 0 Å². The molecule has 0 bridgehead atoms. The zero-order valence-electron chi connectivity index (χ0n) is 18.0. The second-order valence-electron chi connectivity index (χ2n) is 7.72. The number of benzene rings is 2. The van der Waals surface area contributed by atoms with Crippen LogP contribution in [0.1, 0.15) is 30.5 Å². The lowest BCUT2D eigenvalue weighted by Gasteiger charge is -2.26. The molecule has 0 aromatic heterocycles. The Kier molecular flexibility index (Phi) is 7.07. The van der Waals surface area contributed by atoms with Crippen LogP contribution in [0, 0.1) is 5.82 Å². The summed E-state index contributed by atoms with van der Waals surface area (Å²) in [5.41, 5.74) is 0.961. The number of ether oxygens (including phenoxy) is 1. The lowest BCUT2D eigenvalue weighted by atomic mass is 9.95. The fraction of sp³-hybridized carbons (Fsp3) is 0.333. The fourth-order valence-corrected chi connectivity index (χ4v) is 3.49. The molecular weight excluding hydrogens is 399 g/mol. The van der Waals surface area contributed by atoms with E-state index < -0.39 is 23.5 Å². The number of likely N-dealkylation sites (N-methyl/N-ethyl adjacent to an activating group) is 1. The minimum Gasteiger partial charge on any atom is -0.507 e. The van der Waals surface area contributed by atoms with Crippen molar-refractivity contribution in [3.63, 3.8) is 0 Å². The first-order valence-electron chi connectivity index (χ1n) is 10.2. The summed E-state index contributed by atoms with van der Waals surface area (Å²) in [7, 11) is 3.76. The third-order valence-corrected chi connectivity index (χ3v) is 5.11. The van der Waals surface area contributed by atoms with Crippen LogP contribution in [0.4, 0.5) is 4.39 Å². The number of aliphatic hydroxyl groups is 1. The van der Waals surface area contributed by atoms with Crippen LogP contribution in [0.15, 0.2) is 54.1 Å². The molecule has 0 aliphatic carbocycles. The zero-order valence-corrected chi connectivity index (χ0v) is 18.0. The average Bonchev–Trinajstić information content (AvgIpc) is 3.01. The average molecular weight is 426 g/mol. The number of rotatable bonds is 8. The Balaban J connectivity index is 2.06. The molecule has 2 aromatic carbocycles. The van der Waals surface area contributed by atoms with E-state index in [0.29, 0.717) is 31.0 Å². The molecule has 7 heteroatoms. The van der Waals surface area contributed by atoms with Gasteiger partial charge in [-0.2, -0.15) is 0 Å². The lowest BCUT2D eigenvalue weighted by molar-refractivity contribution is -0.140. The minimum atomic E-state index is -0.753. The van der Waals surface area contributed by atoms with Gasteiger partial charge in [0.05, 0.1) is 18.2 Å². The van der Waals surface area contributed by atoms with Gasteiger partial charge in [0.15, 0.2) is 0 Å². The third kappa shape index (κ3) is 4.94. The minimum absolute atomic E-state index is 0.00223. The molecule has 1 aliphatic heterocycles. The van der Waals surface area contributed by atoms with Gasteiger partial charge in [0.2, 0.25) is 0 Å². The number of amides is 1. The molecule has 3 rings (SSSR count). The molecule has 1 saturated heterocycles. The molecule has 1 heterocycles. The van der Waals surface area contributed by atoms with Gasteiger partial charge in [-0.25, -0.2) is 4.39 Å². The van der Waals surface area contributed by atoms with E-state index in [1.807, 2.05) is 25.9 Å². The molecular formula is C24H27FN2O4. The van der Waals surface area contributed by atoms with E-state index in [0.717, 1.165) is 6.42 Å². The topological polar surface area (TPSA) is 70.1 Å². The van der Waals surface area contributed by atoms with Gasteiger partial charge in [-0.15, -0.1) is 0 Å². The molecule has 2 aromatic rings. The van der Waals surface area contributed by atoms with Gasteiger partial charge in [-0.3, -0.25) is 9.59 Å². The maximum absolute atomic E-state index is 13.3. The van der Waals surface area contributed by atoms with Gasteiger partial charge in [-0.1, -0.05) is 19.1 Å². The van der Waals surface area contributed by atoms with Crippen molar-refractivity contribution < 1.29 is 23.8 Å². The SMILES string of the molecule is CCCOc1ccc([C@H]2/C(=C(\O)c3ccc(F)cc3)C(=O)C(=O)N2CCN(C)C)cc1. The molecule has 1 fully saturated rings. The van der Waals surface area contributed by atoms with Crippen molar-refractivity contribution in [1.82, 2.24) is 9.80 Å². The predicted octanol–water partition coefficient (Wildman–Crippen LogP) is 3.60. The number of ketones is 1. The predicted molar refractivity (Wildman–Crippen MR) is 116 cm³/mol. The van der Waals surface area contributed by atoms with Crippen molar-refractivity contribution in [1.29, 1.82) is 0 Å². The van der Waals surface area contributed by atoms with Crippen LogP contribution in [0.5, 0.6) is 5.75 Å². The number of likely N-dealkylation sites (tertiary alicyclic amines) is 1. The fourth-order valence-electron chi connectivity index (χ4n) is 3.49. The standard InChI is InChI=1S/C24H27FN2O4/c1-4-15-31-19-11-7-16(8-12-19)21-20(22(28)17-5-9-18(25)10-6-17)23(29)24(30)27(21)14-13-26(2)3/h5-12,21,28H,4,13-15H2,1-3H3/b22-20+/t21-/m0/s1. The van der Waals surface area contributed by atoms with Gasteiger partial charge in [0, 0.05) is 18.7 Å². The molecule has 1 amide bonds. The number of Topliss-reactive ketones (excluding diaryl/α,β-unsaturated/α-hetero) is 1. The summed E-state index contributed by atoms with van der Waals surface area (Å²) in [6, 6.07) is 11.6. The molecule has 0 unspecified atom stereocenters. The Morgan fingerprint density at radius 2 is 1.74 bits per heavy atom. The molecule has 0 radical (unpaired) electrons. The summed E-state index contributed by atoms with van der Waals surface area (Å²) in [6.45, 7) is 3.47. The van der Waals surface area contributed by atoms with E-state index in [2.05, 4.69) is 0 Å². The number of nitrogens with zero attached hydrogens (tertiary/aromatic N) is 2. The van der Waals surface area contributed by atoms with E-state index in [-0.39, 0.29) is 16.9 Å². The molecule has 0 saturated carbocycles. The molecule has 31 heavy (non-hydrogen) atoms. The number of halogens is 1. The highest BCUT2D eigenvalue weighted by Crippen LogP contribution is 2.39. The van der Waals surface area contributed by atoms with E-state index in [1.165, 1.54) is 29.2 Å². The van der Waals surface area contributed by atoms with Crippen molar-refractivity contribution in [3.05, 3.63) is 71.0 Å². The first kappa shape index (κ1) is 22.5. The number of hydrogen-bond donors (Lipinski definition) is 1. The quantitative estimate of drug-likeness (QED) is 0.397. The smallest absolute Gasteiger partial charge is 0.295 e. The van der Waals surface area contributed by atoms with Crippen LogP contribution < -0.4 is 4.74 Å². The number of carbonyl (C=O) groups excluding carboxylic acids is 2. The van der Waals surface area contributed by atoms with Gasteiger partial charge >= 0.3 is 0 Å². The van der Waals surface area contributed by atoms with Crippen molar-refractivity contribution in [2.75, 3.05) is 33.8 Å². The highest BCUT2D eigenvalue weighted by molar-refractivity contribution is 6.46. The first-order valence-corrected chi connectivity index (χ1v) is 10.2. The Labute approximate surface area is 181 Å². The largest absolute Gasteiger partial charge is 0.507 e. The summed E-state index contributed by atoms with van der Waals surface area (Å²) < 4.78 is 19.0. The Hall–Kier alpha value is -3.19. The van der Waals surface area contributed by atoms with Crippen molar-refractivity contribution >= 4 is 17.4 Å². The van der Waals surface area contributed by atoms with Crippen molar-refractivity contribution in [2.24, 2.45) is 0 Å².